The van der Waals surface area contributed by atoms with E-state index in [1.54, 1.807) is 30.3 Å². The predicted octanol–water partition coefficient (Wildman–Crippen LogP) is 3.92. The Hall–Kier alpha value is -2.24. The molecule has 1 aliphatic rings. The van der Waals surface area contributed by atoms with Crippen LogP contribution in [0.5, 0.6) is 5.75 Å². The van der Waals surface area contributed by atoms with Gasteiger partial charge in [0, 0.05) is 35.2 Å². The number of halogens is 2. The second-order valence-electron chi connectivity index (χ2n) is 6.37. The number of hydrogen-bond donors (Lipinski definition) is 1. The number of ether oxygens (including phenoxy) is 1. The molecule has 3 rings (SSSR count). The Kier molecular flexibility index (Phi) is 6.58. The number of benzene rings is 2. The van der Waals surface area contributed by atoms with Crippen molar-refractivity contribution < 1.29 is 14.3 Å². The van der Waals surface area contributed by atoms with Crippen LogP contribution in [0.15, 0.2) is 42.5 Å². The summed E-state index contributed by atoms with van der Waals surface area (Å²) in [4.78, 5) is 26.1. The summed E-state index contributed by atoms with van der Waals surface area (Å²) < 4.78 is 5.39. The Morgan fingerprint density at radius 3 is 2.26 bits per heavy atom. The minimum Gasteiger partial charge on any atom is -0.484 e. The summed E-state index contributed by atoms with van der Waals surface area (Å²) in [7, 11) is 0. The number of likely N-dealkylation sites (tertiary alicyclic amines) is 1. The normalized spacial score (nSPS) is 13.5. The van der Waals surface area contributed by atoms with Crippen molar-refractivity contribution >= 4 is 35.0 Å². The molecule has 0 aromatic heterocycles. The Morgan fingerprint density at radius 2 is 1.63 bits per heavy atom. The molecular weight excluding hydrogens is 387 g/mol. The average Bonchev–Trinajstić information content (AvgIpc) is 3.18. The molecular formula is C20H20Cl2N2O3. The molecule has 0 radical (unpaired) electrons. The number of hydrogen-bond acceptors (Lipinski definition) is 3. The monoisotopic (exact) mass is 406 g/mol. The van der Waals surface area contributed by atoms with E-state index in [9.17, 15) is 9.59 Å². The standard InChI is InChI=1S/C20H20Cl2N2O3/c21-16-9-17(22)11-18(10-16)27-13-19(25)23-12-14-3-5-15(6-4-14)20(26)24-7-1-2-8-24/h3-6,9-11H,1-2,7-8,12-13H2,(H,23,25). The smallest absolute Gasteiger partial charge is 0.258 e. The first-order chi connectivity index (χ1) is 13.0. The lowest BCUT2D eigenvalue weighted by Gasteiger charge is -2.15. The molecule has 0 spiro atoms. The van der Waals surface area contributed by atoms with E-state index in [1.165, 1.54) is 0 Å². The first-order valence-corrected chi connectivity index (χ1v) is 9.51. The van der Waals surface area contributed by atoms with E-state index in [-0.39, 0.29) is 18.4 Å². The van der Waals surface area contributed by atoms with Crippen LogP contribution < -0.4 is 10.1 Å². The second kappa shape index (κ2) is 9.11. The molecule has 5 nitrogen and oxygen atoms in total. The zero-order valence-corrected chi connectivity index (χ0v) is 16.2. The van der Waals surface area contributed by atoms with Crippen molar-refractivity contribution in [2.45, 2.75) is 19.4 Å². The van der Waals surface area contributed by atoms with E-state index in [0.717, 1.165) is 31.5 Å². The summed E-state index contributed by atoms with van der Waals surface area (Å²) in [5.41, 5.74) is 1.58. The molecule has 1 saturated heterocycles. The molecule has 2 amide bonds. The van der Waals surface area contributed by atoms with Crippen molar-refractivity contribution in [1.82, 2.24) is 10.2 Å². The van der Waals surface area contributed by atoms with Gasteiger partial charge in [-0.2, -0.15) is 0 Å². The number of nitrogens with zero attached hydrogens (tertiary/aromatic N) is 1. The molecule has 1 aliphatic heterocycles. The van der Waals surface area contributed by atoms with Crippen LogP contribution in [-0.2, 0) is 11.3 Å². The van der Waals surface area contributed by atoms with Crippen LogP contribution in [0.4, 0.5) is 0 Å². The van der Waals surface area contributed by atoms with Crippen LogP contribution in [0.3, 0.4) is 0 Å². The maximum Gasteiger partial charge on any atom is 0.258 e. The quantitative estimate of drug-likeness (QED) is 0.790. The fourth-order valence-electron chi connectivity index (χ4n) is 2.88. The first kappa shape index (κ1) is 19.5. The summed E-state index contributed by atoms with van der Waals surface area (Å²) in [6.45, 7) is 1.88. The lowest BCUT2D eigenvalue weighted by molar-refractivity contribution is -0.123. The summed E-state index contributed by atoms with van der Waals surface area (Å²) in [6, 6.07) is 12.1. The molecule has 0 unspecified atom stereocenters. The van der Waals surface area contributed by atoms with E-state index in [0.29, 0.717) is 27.9 Å². The van der Waals surface area contributed by atoms with Crippen molar-refractivity contribution in [1.29, 1.82) is 0 Å². The van der Waals surface area contributed by atoms with Crippen LogP contribution >= 0.6 is 23.2 Å². The van der Waals surface area contributed by atoms with Crippen molar-refractivity contribution in [2.24, 2.45) is 0 Å². The minimum absolute atomic E-state index is 0.0664. The summed E-state index contributed by atoms with van der Waals surface area (Å²) in [5.74, 6) is 0.243. The predicted molar refractivity (Wildman–Crippen MR) is 105 cm³/mol. The fourth-order valence-corrected chi connectivity index (χ4v) is 3.39. The van der Waals surface area contributed by atoms with E-state index >= 15 is 0 Å². The Balaban J connectivity index is 1.46. The molecule has 0 saturated carbocycles. The van der Waals surface area contributed by atoms with Gasteiger partial charge in [-0.25, -0.2) is 0 Å². The number of carbonyl (C=O) groups excluding carboxylic acids is 2. The Labute approximate surface area is 168 Å². The minimum atomic E-state index is -0.261. The van der Waals surface area contributed by atoms with Gasteiger partial charge in [0.05, 0.1) is 0 Å². The molecule has 2 aromatic carbocycles. The third kappa shape index (κ3) is 5.62. The molecule has 1 heterocycles. The molecule has 1 N–H and O–H groups in total. The lowest BCUT2D eigenvalue weighted by atomic mass is 10.1. The van der Waals surface area contributed by atoms with E-state index in [2.05, 4.69) is 5.32 Å². The van der Waals surface area contributed by atoms with Crippen LogP contribution in [0.1, 0.15) is 28.8 Å². The topological polar surface area (TPSA) is 58.6 Å². The molecule has 142 valence electrons. The number of carbonyl (C=O) groups is 2. The van der Waals surface area contributed by atoms with Crippen molar-refractivity contribution in [3.8, 4) is 5.75 Å². The summed E-state index contributed by atoms with van der Waals surface area (Å²) in [6.07, 6.45) is 2.14. The first-order valence-electron chi connectivity index (χ1n) is 8.75. The third-order valence-electron chi connectivity index (χ3n) is 4.29. The number of nitrogens with one attached hydrogen (secondary N) is 1. The summed E-state index contributed by atoms with van der Waals surface area (Å²) in [5, 5.41) is 3.67. The second-order valence-corrected chi connectivity index (χ2v) is 7.24. The highest BCUT2D eigenvalue weighted by atomic mass is 35.5. The van der Waals surface area contributed by atoms with Gasteiger partial charge in [0.2, 0.25) is 0 Å². The zero-order chi connectivity index (χ0) is 19.2. The van der Waals surface area contributed by atoms with Gasteiger partial charge in [0.15, 0.2) is 6.61 Å². The highest BCUT2D eigenvalue weighted by Crippen LogP contribution is 2.24. The fraction of sp³-hybridized carbons (Fsp3) is 0.300. The average molecular weight is 407 g/mol. The molecule has 0 aliphatic carbocycles. The van der Waals surface area contributed by atoms with Gasteiger partial charge in [-0.3, -0.25) is 9.59 Å². The van der Waals surface area contributed by atoms with Gasteiger partial charge in [-0.05, 0) is 48.7 Å². The Morgan fingerprint density at radius 1 is 1.00 bits per heavy atom. The van der Waals surface area contributed by atoms with Gasteiger partial charge in [0.1, 0.15) is 5.75 Å². The molecule has 1 fully saturated rings. The molecule has 2 aromatic rings. The van der Waals surface area contributed by atoms with Crippen LogP contribution in [0, 0.1) is 0 Å². The number of amides is 2. The van der Waals surface area contributed by atoms with Crippen molar-refractivity contribution in [2.75, 3.05) is 19.7 Å². The van der Waals surface area contributed by atoms with Crippen molar-refractivity contribution in [3.05, 3.63) is 63.6 Å². The van der Waals surface area contributed by atoms with Crippen LogP contribution in [-0.4, -0.2) is 36.4 Å². The zero-order valence-electron chi connectivity index (χ0n) is 14.7. The maximum absolute atomic E-state index is 12.3. The SMILES string of the molecule is O=C(COc1cc(Cl)cc(Cl)c1)NCc1ccc(C(=O)N2CCCC2)cc1. The highest BCUT2D eigenvalue weighted by Gasteiger charge is 2.19. The Bertz CT molecular complexity index is 798. The van der Waals surface area contributed by atoms with Gasteiger partial charge in [-0.1, -0.05) is 35.3 Å². The van der Waals surface area contributed by atoms with Gasteiger partial charge in [0.25, 0.3) is 11.8 Å². The number of rotatable bonds is 6. The van der Waals surface area contributed by atoms with E-state index in [4.69, 9.17) is 27.9 Å². The van der Waals surface area contributed by atoms with Crippen LogP contribution in [0.25, 0.3) is 0 Å². The lowest BCUT2D eigenvalue weighted by Crippen LogP contribution is -2.29. The molecule has 0 bridgehead atoms. The molecule has 7 heteroatoms. The van der Waals surface area contributed by atoms with E-state index < -0.39 is 0 Å². The van der Waals surface area contributed by atoms with Gasteiger partial charge in [-0.15, -0.1) is 0 Å². The van der Waals surface area contributed by atoms with E-state index in [1.807, 2.05) is 17.0 Å². The van der Waals surface area contributed by atoms with Crippen LogP contribution in [0.2, 0.25) is 10.0 Å². The van der Waals surface area contributed by atoms with Gasteiger partial charge >= 0.3 is 0 Å². The largest absolute Gasteiger partial charge is 0.484 e. The highest BCUT2D eigenvalue weighted by molar-refractivity contribution is 6.34. The summed E-state index contributed by atoms with van der Waals surface area (Å²) >= 11 is 11.8. The molecule has 0 atom stereocenters. The van der Waals surface area contributed by atoms with Crippen molar-refractivity contribution in [3.63, 3.8) is 0 Å². The maximum atomic E-state index is 12.3. The molecule has 27 heavy (non-hydrogen) atoms. The third-order valence-corrected chi connectivity index (χ3v) is 4.73. The van der Waals surface area contributed by atoms with Gasteiger partial charge < -0.3 is 15.0 Å².